The number of rotatable bonds is 7. The molecule has 3 fully saturated rings. The Bertz CT molecular complexity index is 1130. The number of hydrazine groups is 1. The summed E-state index contributed by atoms with van der Waals surface area (Å²) >= 11 is 0. The van der Waals surface area contributed by atoms with Crippen molar-refractivity contribution < 1.29 is 14.3 Å². The van der Waals surface area contributed by atoms with Crippen LogP contribution in [0.5, 0.6) is 0 Å². The Hall–Kier alpha value is -3.40. The highest BCUT2D eigenvalue weighted by Crippen LogP contribution is 2.33. The van der Waals surface area contributed by atoms with E-state index in [9.17, 15) is 9.59 Å². The Kier molecular flexibility index (Phi) is 8.50. The van der Waals surface area contributed by atoms with Crippen LogP contribution in [-0.4, -0.2) is 77.2 Å². The van der Waals surface area contributed by atoms with Crippen LogP contribution >= 0.6 is 0 Å². The van der Waals surface area contributed by atoms with Crippen molar-refractivity contribution in [3.05, 3.63) is 41.3 Å². The van der Waals surface area contributed by atoms with Gasteiger partial charge in [-0.05, 0) is 80.2 Å². The molecule has 1 aromatic rings. The zero-order valence-corrected chi connectivity index (χ0v) is 23.1. The van der Waals surface area contributed by atoms with Gasteiger partial charge in [-0.25, -0.2) is 5.43 Å². The second-order valence-electron chi connectivity index (χ2n) is 11.2. The number of nitrogens with zero attached hydrogens (tertiary/aromatic N) is 4. The van der Waals surface area contributed by atoms with Crippen molar-refractivity contribution in [3.63, 3.8) is 0 Å². The lowest BCUT2D eigenvalue weighted by Gasteiger charge is -2.36. The number of hydrazone groups is 1. The second-order valence-corrected chi connectivity index (χ2v) is 11.2. The number of benzene rings is 1. The summed E-state index contributed by atoms with van der Waals surface area (Å²) in [4.78, 5) is 33.7. The zero-order chi connectivity index (χ0) is 27.4. The van der Waals surface area contributed by atoms with Gasteiger partial charge in [0.1, 0.15) is 0 Å². The van der Waals surface area contributed by atoms with Crippen molar-refractivity contribution in [1.29, 1.82) is 0 Å². The van der Waals surface area contributed by atoms with E-state index >= 15 is 0 Å². The van der Waals surface area contributed by atoms with E-state index in [2.05, 4.69) is 44.7 Å². The van der Waals surface area contributed by atoms with E-state index in [1.54, 1.807) is 0 Å². The van der Waals surface area contributed by atoms with Crippen LogP contribution < -0.4 is 21.8 Å². The summed E-state index contributed by atoms with van der Waals surface area (Å²) in [5, 5.41) is 6.38. The van der Waals surface area contributed by atoms with Gasteiger partial charge in [0.15, 0.2) is 5.70 Å². The first-order valence-corrected chi connectivity index (χ1v) is 14.6. The summed E-state index contributed by atoms with van der Waals surface area (Å²) in [7, 11) is 0. The summed E-state index contributed by atoms with van der Waals surface area (Å²) in [5.41, 5.74) is 11.0. The molecule has 5 rings (SSSR count). The predicted octanol–water partition coefficient (Wildman–Crippen LogP) is 2.45. The molecular formula is C29H43N8O2+. The average Bonchev–Trinajstić information content (AvgIpc) is 3.49. The molecule has 4 aliphatic rings. The monoisotopic (exact) mass is 535 g/mol. The van der Waals surface area contributed by atoms with Crippen molar-refractivity contribution in [1.82, 2.24) is 20.5 Å². The SMILES string of the molecule is C=[N+]1NC(C(N)=O)=C(Nc2ccc(C3CCN(C4CCCC4)CC3)cc2)N=C1N1CCC[C@@H](NC(=O)CC)C1. The zero-order valence-electron chi connectivity index (χ0n) is 23.1. The van der Waals surface area contributed by atoms with E-state index in [0.717, 1.165) is 31.1 Å². The molecule has 2 saturated heterocycles. The molecule has 0 unspecified atom stereocenters. The fraction of sp³-hybridized carbons (Fsp3) is 0.586. The van der Waals surface area contributed by atoms with Crippen LogP contribution in [0.4, 0.5) is 5.69 Å². The minimum atomic E-state index is -0.619. The Morgan fingerprint density at radius 3 is 2.46 bits per heavy atom. The minimum absolute atomic E-state index is 0.0396. The molecule has 2 amide bonds. The maximum absolute atomic E-state index is 12.2. The topological polar surface area (TPSA) is 118 Å². The van der Waals surface area contributed by atoms with Crippen LogP contribution in [0.3, 0.4) is 0 Å². The summed E-state index contributed by atoms with van der Waals surface area (Å²) < 4.78 is 1.47. The van der Waals surface area contributed by atoms with Crippen LogP contribution in [0.2, 0.25) is 0 Å². The van der Waals surface area contributed by atoms with E-state index in [1.807, 2.05) is 19.1 Å². The number of likely N-dealkylation sites (tertiary alicyclic amines) is 2. The molecule has 0 aromatic heterocycles. The number of primary amides is 1. The Morgan fingerprint density at radius 2 is 1.79 bits per heavy atom. The summed E-state index contributed by atoms with van der Waals surface area (Å²) in [6, 6.07) is 9.31. The van der Waals surface area contributed by atoms with Crippen LogP contribution in [0.15, 0.2) is 40.8 Å². The van der Waals surface area contributed by atoms with Gasteiger partial charge in [0.05, 0.1) is 25.8 Å². The number of nitrogens with one attached hydrogen (secondary N) is 3. The highest BCUT2D eigenvalue weighted by atomic mass is 16.2. The fourth-order valence-corrected chi connectivity index (χ4v) is 6.41. The lowest BCUT2D eigenvalue weighted by molar-refractivity contribution is -0.470. The molecule has 1 aliphatic carbocycles. The summed E-state index contributed by atoms with van der Waals surface area (Å²) in [6.07, 6.45) is 10.2. The maximum atomic E-state index is 12.2. The average molecular weight is 536 g/mol. The molecule has 1 saturated carbocycles. The number of hydrogen-bond donors (Lipinski definition) is 4. The molecule has 10 heteroatoms. The quantitative estimate of drug-likeness (QED) is 0.399. The number of nitrogens with two attached hydrogens (primary N) is 1. The lowest BCUT2D eigenvalue weighted by Crippen LogP contribution is -2.55. The third kappa shape index (κ3) is 6.43. The van der Waals surface area contributed by atoms with Crippen molar-refractivity contribution in [3.8, 4) is 0 Å². The number of anilines is 1. The van der Waals surface area contributed by atoms with Gasteiger partial charge in [-0.2, -0.15) is 0 Å². The van der Waals surface area contributed by atoms with Crippen molar-refractivity contribution in [2.75, 3.05) is 31.5 Å². The van der Waals surface area contributed by atoms with Crippen molar-refractivity contribution in [2.24, 2.45) is 10.7 Å². The largest absolute Gasteiger partial charge is 0.417 e. The summed E-state index contributed by atoms with van der Waals surface area (Å²) in [5.74, 6) is 0.931. The molecule has 10 nitrogen and oxygen atoms in total. The normalized spacial score (nSPS) is 23.4. The predicted molar refractivity (Wildman–Crippen MR) is 153 cm³/mol. The Labute approximate surface area is 231 Å². The highest BCUT2D eigenvalue weighted by molar-refractivity contribution is 5.94. The molecule has 0 bridgehead atoms. The van der Waals surface area contributed by atoms with Crippen LogP contribution in [-0.2, 0) is 9.59 Å². The Morgan fingerprint density at radius 1 is 1.08 bits per heavy atom. The standard InChI is InChI=1S/C29H42N8O2/c1-3-25(38)31-23-7-6-16-37(19-23)29-33-28(26(27(30)39)34-35(29)2)32-22-12-10-20(11-13-22)21-14-17-36(18-15-21)24-8-4-5-9-24/h10-13,21,23-24,34H,2-9,14-19H2,1H3,(H3-,30,31,32,38,39)/p+1/t23-/m1/s1. The molecule has 1 aromatic carbocycles. The van der Waals surface area contributed by atoms with E-state index in [-0.39, 0.29) is 17.6 Å². The van der Waals surface area contributed by atoms with E-state index in [0.29, 0.717) is 30.7 Å². The molecule has 3 aliphatic heterocycles. The number of amides is 2. The molecule has 5 N–H and O–H groups in total. The molecule has 0 spiro atoms. The molecule has 0 radical (unpaired) electrons. The van der Waals surface area contributed by atoms with E-state index < -0.39 is 5.91 Å². The first kappa shape index (κ1) is 27.2. The molecule has 39 heavy (non-hydrogen) atoms. The van der Waals surface area contributed by atoms with Crippen LogP contribution in [0.25, 0.3) is 0 Å². The smallest absolute Gasteiger partial charge is 0.364 e. The van der Waals surface area contributed by atoms with Gasteiger partial charge in [-0.3, -0.25) is 14.5 Å². The van der Waals surface area contributed by atoms with Crippen molar-refractivity contribution in [2.45, 2.75) is 82.7 Å². The summed E-state index contributed by atoms with van der Waals surface area (Å²) in [6.45, 7) is 9.63. The van der Waals surface area contributed by atoms with Gasteiger partial charge in [0, 0.05) is 18.2 Å². The fourth-order valence-electron chi connectivity index (χ4n) is 6.41. The number of piperidine rings is 2. The number of carbonyl (C=O) groups excluding carboxylic acids is 2. The lowest BCUT2D eigenvalue weighted by atomic mass is 9.88. The maximum Gasteiger partial charge on any atom is 0.417 e. The number of aliphatic imine (C=N–C) groups is 1. The van der Waals surface area contributed by atoms with Crippen LogP contribution in [0, 0.1) is 0 Å². The Balaban J connectivity index is 1.26. The molecular weight excluding hydrogens is 492 g/mol. The molecule has 1 atom stereocenters. The van der Waals surface area contributed by atoms with Crippen LogP contribution in [0.1, 0.15) is 76.2 Å². The second kappa shape index (κ2) is 12.2. The third-order valence-corrected chi connectivity index (χ3v) is 8.59. The van der Waals surface area contributed by atoms with Gasteiger partial charge >= 0.3 is 5.96 Å². The number of carbonyl (C=O) groups is 2. The first-order valence-electron chi connectivity index (χ1n) is 14.6. The van der Waals surface area contributed by atoms with Gasteiger partial charge in [0.2, 0.25) is 11.7 Å². The third-order valence-electron chi connectivity index (χ3n) is 8.59. The highest BCUT2D eigenvalue weighted by Gasteiger charge is 2.36. The van der Waals surface area contributed by atoms with Gasteiger partial charge in [-0.15, -0.1) is 4.68 Å². The molecule has 210 valence electrons. The first-order chi connectivity index (χ1) is 18.9. The van der Waals surface area contributed by atoms with E-state index in [1.165, 1.54) is 61.9 Å². The molecule has 3 heterocycles. The van der Waals surface area contributed by atoms with Gasteiger partial charge in [-0.1, -0.05) is 31.9 Å². The number of hydrogen-bond acceptors (Lipinski definition) is 7. The van der Waals surface area contributed by atoms with Gasteiger partial charge in [0.25, 0.3) is 5.91 Å². The van der Waals surface area contributed by atoms with E-state index in [4.69, 9.17) is 10.7 Å². The minimum Gasteiger partial charge on any atom is -0.364 e. The van der Waals surface area contributed by atoms with Crippen molar-refractivity contribution >= 4 is 30.2 Å². The number of guanidine groups is 1. The van der Waals surface area contributed by atoms with Gasteiger partial charge < -0.3 is 21.3 Å².